The second-order valence-corrected chi connectivity index (χ2v) is 9.76. The molecule has 3 N–H and O–H groups in total. The maximum atomic E-state index is 11.0. The third-order valence-corrected chi connectivity index (χ3v) is 7.31. The monoisotopic (exact) mass is 544 g/mol. The minimum absolute atomic E-state index is 0.149. The topological polar surface area (TPSA) is 131 Å². The molecule has 0 saturated carbocycles. The molecule has 1 fully saturated rings. The summed E-state index contributed by atoms with van der Waals surface area (Å²) in [6.45, 7) is 6.83. The minimum atomic E-state index is -1.26. The Hall–Kier alpha value is -1.63. The van der Waals surface area contributed by atoms with Crippen LogP contribution in [0.3, 0.4) is 0 Å². The van der Waals surface area contributed by atoms with Crippen LogP contribution in [-0.2, 0) is 4.74 Å². The maximum absolute atomic E-state index is 11.0. The number of aromatic nitrogens is 5. The summed E-state index contributed by atoms with van der Waals surface area (Å²) in [7, 11) is 0. The molecule has 0 aromatic carbocycles. The van der Waals surface area contributed by atoms with Crippen molar-refractivity contribution in [3.8, 4) is 10.7 Å². The van der Waals surface area contributed by atoms with Gasteiger partial charge in [0.1, 0.15) is 51.8 Å². The molecule has 3 aromatic heterocycles. The predicted molar refractivity (Wildman–Crippen MR) is 117 cm³/mol. The molecule has 162 valence electrons. The van der Waals surface area contributed by atoms with Crippen molar-refractivity contribution in [2.75, 3.05) is 6.61 Å². The Morgan fingerprint density at radius 1 is 1.39 bits per heavy atom. The Morgan fingerprint density at radius 2 is 2.19 bits per heavy atom. The van der Waals surface area contributed by atoms with Crippen LogP contribution in [-0.4, -0.2) is 70.6 Å². The molecule has 14 heteroatoms. The van der Waals surface area contributed by atoms with E-state index in [9.17, 15) is 15.3 Å². The Labute approximate surface area is 197 Å². The molecule has 31 heavy (non-hydrogen) atoms. The first-order valence-electron chi connectivity index (χ1n) is 8.76. The maximum Gasteiger partial charge on any atom is 0.283 e. The summed E-state index contributed by atoms with van der Waals surface area (Å²) in [6, 6.07) is 0.728. The van der Waals surface area contributed by atoms with Crippen LogP contribution in [0.25, 0.3) is 15.5 Å². The zero-order valence-corrected chi connectivity index (χ0v) is 19.4. The summed E-state index contributed by atoms with van der Waals surface area (Å²) in [5, 5.41) is 42.1. The van der Waals surface area contributed by atoms with Gasteiger partial charge in [0.15, 0.2) is 0 Å². The molecule has 10 nitrogen and oxygen atoms in total. The van der Waals surface area contributed by atoms with Gasteiger partial charge < -0.3 is 24.9 Å². The van der Waals surface area contributed by atoms with Gasteiger partial charge in [0.05, 0.1) is 17.3 Å². The van der Waals surface area contributed by atoms with E-state index in [0.29, 0.717) is 25.2 Å². The minimum Gasteiger partial charge on any atom is -0.394 e. The SMILES string of the molecule is [C-]#[N+]c1ncc(Br)cc1S[C@H]1OC(CO)[C@H](O)[C@H](n2cc(-c3nc(Cl)cs3)nn2)C1O. The molecule has 1 aliphatic rings. The Bertz CT molecular complexity index is 1120. The first-order chi connectivity index (χ1) is 14.9. The number of ether oxygens (including phenoxy) is 1. The lowest BCUT2D eigenvalue weighted by Crippen LogP contribution is -2.55. The highest BCUT2D eigenvalue weighted by molar-refractivity contribution is 9.10. The van der Waals surface area contributed by atoms with Crippen LogP contribution >= 0.6 is 50.6 Å². The number of halogens is 2. The molecular formula is C17H14BrClN6O4S2. The highest BCUT2D eigenvalue weighted by atomic mass is 79.9. The molecule has 0 radical (unpaired) electrons. The second kappa shape index (κ2) is 9.47. The predicted octanol–water partition coefficient (Wildman–Crippen LogP) is 2.54. The first kappa shape index (κ1) is 22.6. The van der Waals surface area contributed by atoms with Crippen molar-refractivity contribution >= 4 is 56.4 Å². The third-order valence-electron chi connectivity index (χ3n) is 4.51. The van der Waals surface area contributed by atoms with Crippen molar-refractivity contribution in [2.24, 2.45) is 0 Å². The van der Waals surface area contributed by atoms with Gasteiger partial charge in [-0.25, -0.2) is 9.67 Å². The summed E-state index contributed by atoms with van der Waals surface area (Å²) in [5.41, 5.74) is -0.483. The standard InChI is InChI=1S/C17H14BrClN6O4S2/c1-20-15-10(2-7(18)3-21-15)31-17-14(28)12(13(27)9(5-26)29-17)25-4-8(23-24-25)16-22-11(19)6-30-16/h2-4,6,9,12-14,17,26-28H,5H2/t9?,12-,13-,14?,17+/m0/s1. The number of thiazole rings is 1. The van der Waals surface area contributed by atoms with Crippen LogP contribution in [0.4, 0.5) is 5.82 Å². The van der Waals surface area contributed by atoms with E-state index < -0.39 is 36.4 Å². The molecule has 3 aromatic rings. The van der Waals surface area contributed by atoms with Crippen LogP contribution in [0.2, 0.25) is 5.15 Å². The molecule has 2 unspecified atom stereocenters. The lowest BCUT2D eigenvalue weighted by atomic mass is 9.97. The molecule has 0 spiro atoms. The van der Waals surface area contributed by atoms with E-state index in [2.05, 4.69) is 41.1 Å². The number of rotatable bonds is 5. The second-order valence-electron chi connectivity index (χ2n) is 6.46. The molecule has 4 heterocycles. The van der Waals surface area contributed by atoms with E-state index in [4.69, 9.17) is 22.9 Å². The Balaban J connectivity index is 1.64. The quantitative estimate of drug-likeness (QED) is 0.414. The average Bonchev–Trinajstić information content (AvgIpc) is 3.39. The fourth-order valence-corrected chi connectivity index (χ4v) is 5.60. The Kier molecular flexibility index (Phi) is 6.89. The number of aliphatic hydroxyl groups is 3. The average molecular weight is 546 g/mol. The van der Waals surface area contributed by atoms with E-state index in [0.717, 1.165) is 11.8 Å². The summed E-state index contributed by atoms with van der Waals surface area (Å²) >= 11 is 11.5. The first-order valence-corrected chi connectivity index (χ1v) is 11.7. The molecule has 0 amide bonds. The van der Waals surface area contributed by atoms with Gasteiger partial charge in [-0.2, -0.15) is 0 Å². The summed E-state index contributed by atoms with van der Waals surface area (Å²) in [5.74, 6) is 0.149. The van der Waals surface area contributed by atoms with Crippen LogP contribution in [0.15, 0.2) is 33.2 Å². The van der Waals surface area contributed by atoms with Gasteiger partial charge in [-0.1, -0.05) is 23.4 Å². The van der Waals surface area contributed by atoms with E-state index in [1.807, 2.05) is 0 Å². The number of hydrogen-bond acceptors (Lipinski definition) is 10. The van der Waals surface area contributed by atoms with Crippen LogP contribution in [0.1, 0.15) is 6.04 Å². The third kappa shape index (κ3) is 4.62. The van der Waals surface area contributed by atoms with Crippen molar-refractivity contribution in [1.82, 2.24) is 25.0 Å². The molecule has 0 bridgehead atoms. The van der Waals surface area contributed by atoms with Gasteiger partial charge in [-0.15, -0.1) is 33.2 Å². The van der Waals surface area contributed by atoms with Crippen molar-refractivity contribution in [3.05, 3.63) is 44.9 Å². The molecule has 4 rings (SSSR count). The van der Waals surface area contributed by atoms with Crippen molar-refractivity contribution in [1.29, 1.82) is 0 Å². The number of hydrogen-bond donors (Lipinski definition) is 3. The summed E-state index contributed by atoms with van der Waals surface area (Å²) in [4.78, 5) is 12.1. The van der Waals surface area contributed by atoms with E-state index in [1.54, 1.807) is 17.6 Å². The van der Waals surface area contributed by atoms with Gasteiger partial charge >= 0.3 is 0 Å². The van der Waals surface area contributed by atoms with E-state index in [1.165, 1.54) is 22.2 Å². The zero-order chi connectivity index (χ0) is 22.1. The van der Waals surface area contributed by atoms with Gasteiger partial charge in [-0.05, 0) is 22.0 Å². The van der Waals surface area contributed by atoms with Crippen LogP contribution < -0.4 is 0 Å². The number of thioether (sulfide) groups is 1. The lowest BCUT2D eigenvalue weighted by Gasteiger charge is -2.41. The number of pyridine rings is 1. The highest BCUT2D eigenvalue weighted by Gasteiger charge is 2.46. The van der Waals surface area contributed by atoms with Gasteiger partial charge in [0.25, 0.3) is 5.82 Å². The van der Waals surface area contributed by atoms with Gasteiger partial charge in [0, 0.05) is 10.3 Å². The smallest absolute Gasteiger partial charge is 0.283 e. The van der Waals surface area contributed by atoms with Crippen molar-refractivity contribution in [2.45, 2.75) is 34.7 Å². The fraction of sp³-hybridized carbons (Fsp3) is 0.353. The fourth-order valence-electron chi connectivity index (χ4n) is 3.08. The summed E-state index contributed by atoms with van der Waals surface area (Å²) in [6.07, 6.45) is -0.439. The molecule has 1 aliphatic heterocycles. The van der Waals surface area contributed by atoms with Gasteiger partial charge in [0.2, 0.25) is 0 Å². The Morgan fingerprint density at radius 3 is 2.87 bits per heavy atom. The normalized spacial score (nSPS) is 26.0. The van der Waals surface area contributed by atoms with Crippen molar-refractivity contribution in [3.63, 3.8) is 0 Å². The number of nitrogens with zero attached hydrogens (tertiary/aromatic N) is 6. The van der Waals surface area contributed by atoms with E-state index in [-0.39, 0.29) is 5.82 Å². The van der Waals surface area contributed by atoms with Crippen LogP contribution in [0.5, 0.6) is 0 Å². The molecular weight excluding hydrogens is 532 g/mol. The zero-order valence-electron chi connectivity index (χ0n) is 15.4. The van der Waals surface area contributed by atoms with E-state index >= 15 is 0 Å². The molecule has 5 atom stereocenters. The van der Waals surface area contributed by atoms with Crippen LogP contribution in [0, 0.1) is 6.57 Å². The van der Waals surface area contributed by atoms with Gasteiger partial charge in [-0.3, -0.25) is 0 Å². The summed E-state index contributed by atoms with van der Waals surface area (Å²) < 4.78 is 7.71. The molecule has 1 saturated heterocycles. The largest absolute Gasteiger partial charge is 0.394 e. The number of aliphatic hydroxyl groups excluding tert-OH is 3. The lowest BCUT2D eigenvalue weighted by molar-refractivity contribution is -0.178. The highest BCUT2D eigenvalue weighted by Crippen LogP contribution is 2.41. The molecule has 0 aliphatic carbocycles. The van der Waals surface area contributed by atoms with Crippen molar-refractivity contribution < 1.29 is 20.1 Å².